The molecule has 1 aliphatic heterocycles. The van der Waals surface area contributed by atoms with Crippen LogP contribution in [0.2, 0.25) is 0 Å². The van der Waals surface area contributed by atoms with Crippen LogP contribution in [-0.2, 0) is 0 Å². The minimum atomic E-state index is -0.167. The number of pyridine rings is 1. The summed E-state index contributed by atoms with van der Waals surface area (Å²) in [6.07, 6.45) is 3.30. The number of anilines is 1. The molecule has 2 aromatic rings. The molecule has 5 heteroatoms. The summed E-state index contributed by atoms with van der Waals surface area (Å²) < 4.78 is 5.97. The van der Waals surface area contributed by atoms with E-state index >= 15 is 0 Å². The zero-order valence-electron chi connectivity index (χ0n) is 15.0. The zero-order chi connectivity index (χ0) is 17.8. The van der Waals surface area contributed by atoms with Gasteiger partial charge in [0.25, 0.3) is 5.91 Å². The maximum Gasteiger partial charge on any atom is 0.259 e. The largest absolute Gasteiger partial charge is 0.491 e. The first-order valence-electron chi connectivity index (χ1n) is 8.72. The van der Waals surface area contributed by atoms with Gasteiger partial charge >= 0.3 is 0 Å². The molecule has 132 valence electrons. The third-order valence-corrected chi connectivity index (χ3v) is 4.18. The molecule has 5 nitrogen and oxygen atoms in total. The van der Waals surface area contributed by atoms with Crippen LogP contribution in [-0.4, -0.2) is 41.5 Å². The molecular weight excluding hydrogens is 314 g/mol. The molecule has 0 saturated carbocycles. The number of carbonyl (C=O) groups is 1. The quantitative estimate of drug-likeness (QED) is 0.786. The van der Waals surface area contributed by atoms with Crippen LogP contribution >= 0.6 is 0 Å². The molecule has 1 saturated heterocycles. The van der Waals surface area contributed by atoms with Crippen LogP contribution in [0.4, 0.5) is 5.69 Å². The van der Waals surface area contributed by atoms with E-state index in [1.807, 2.05) is 25.1 Å². The summed E-state index contributed by atoms with van der Waals surface area (Å²) in [5, 5.41) is 2.89. The number of ether oxygens (including phenoxy) is 1. The fourth-order valence-electron chi connectivity index (χ4n) is 2.84. The Labute approximate surface area is 149 Å². The van der Waals surface area contributed by atoms with Gasteiger partial charge in [0.2, 0.25) is 0 Å². The molecule has 2 atom stereocenters. The van der Waals surface area contributed by atoms with E-state index < -0.39 is 0 Å². The number of amides is 1. The van der Waals surface area contributed by atoms with Gasteiger partial charge < -0.3 is 10.1 Å². The third kappa shape index (κ3) is 4.79. The lowest BCUT2D eigenvalue weighted by Gasteiger charge is -2.13. The van der Waals surface area contributed by atoms with Crippen molar-refractivity contribution >= 4 is 11.6 Å². The molecule has 1 aliphatic rings. The van der Waals surface area contributed by atoms with Crippen LogP contribution in [0.3, 0.4) is 0 Å². The van der Waals surface area contributed by atoms with Crippen LogP contribution in [0.5, 0.6) is 5.75 Å². The van der Waals surface area contributed by atoms with Crippen molar-refractivity contribution in [1.82, 2.24) is 9.88 Å². The number of carbonyl (C=O) groups excluding carboxylic acids is 1. The second kappa shape index (κ2) is 7.66. The smallest absolute Gasteiger partial charge is 0.259 e. The topological polar surface area (TPSA) is 54.2 Å². The highest BCUT2D eigenvalue weighted by atomic mass is 16.5. The van der Waals surface area contributed by atoms with Gasteiger partial charge in [-0.05, 0) is 37.1 Å². The van der Waals surface area contributed by atoms with E-state index in [1.54, 1.807) is 24.5 Å². The van der Waals surface area contributed by atoms with Crippen molar-refractivity contribution in [3.05, 3.63) is 53.9 Å². The Hall–Kier alpha value is -2.40. The maximum absolute atomic E-state index is 12.6. The monoisotopic (exact) mass is 339 g/mol. The van der Waals surface area contributed by atoms with E-state index in [0.29, 0.717) is 29.9 Å². The van der Waals surface area contributed by atoms with Crippen molar-refractivity contribution in [2.45, 2.75) is 26.8 Å². The van der Waals surface area contributed by atoms with Crippen molar-refractivity contribution in [2.75, 3.05) is 25.0 Å². The van der Waals surface area contributed by atoms with Crippen LogP contribution < -0.4 is 10.1 Å². The predicted molar refractivity (Wildman–Crippen MR) is 99.1 cm³/mol. The van der Waals surface area contributed by atoms with E-state index in [-0.39, 0.29) is 5.91 Å². The highest BCUT2D eigenvalue weighted by Crippen LogP contribution is 2.25. The minimum absolute atomic E-state index is 0.167. The van der Waals surface area contributed by atoms with Gasteiger partial charge in [0.05, 0.1) is 11.6 Å². The first kappa shape index (κ1) is 17.4. The minimum Gasteiger partial charge on any atom is -0.491 e. The highest BCUT2D eigenvalue weighted by molar-refractivity contribution is 6.06. The van der Waals surface area contributed by atoms with Crippen molar-refractivity contribution < 1.29 is 9.53 Å². The molecule has 2 unspecified atom stereocenters. The van der Waals surface area contributed by atoms with E-state index in [0.717, 1.165) is 24.3 Å². The molecule has 2 heterocycles. The molecule has 1 aromatic heterocycles. The van der Waals surface area contributed by atoms with Gasteiger partial charge in [-0.3, -0.25) is 14.7 Å². The van der Waals surface area contributed by atoms with Gasteiger partial charge in [0.15, 0.2) is 0 Å². The Morgan fingerprint density at radius 3 is 2.80 bits per heavy atom. The number of nitrogens with one attached hydrogen (secondary N) is 1. The van der Waals surface area contributed by atoms with Crippen molar-refractivity contribution in [3.63, 3.8) is 0 Å². The first-order chi connectivity index (χ1) is 12.0. The summed E-state index contributed by atoms with van der Waals surface area (Å²) in [4.78, 5) is 19.0. The molecule has 0 aliphatic carbocycles. The fourth-order valence-corrected chi connectivity index (χ4v) is 2.84. The van der Waals surface area contributed by atoms with Crippen LogP contribution in [0, 0.1) is 12.8 Å². The molecule has 1 N–H and O–H groups in total. The molecule has 1 aromatic carbocycles. The summed E-state index contributed by atoms with van der Waals surface area (Å²) in [6, 6.07) is 9.71. The fraction of sp³-hybridized carbons (Fsp3) is 0.400. The van der Waals surface area contributed by atoms with Gasteiger partial charge in [0, 0.05) is 31.2 Å². The Morgan fingerprint density at radius 1 is 1.32 bits per heavy atom. The van der Waals surface area contributed by atoms with Crippen LogP contribution in [0.15, 0.2) is 42.7 Å². The van der Waals surface area contributed by atoms with Gasteiger partial charge in [-0.15, -0.1) is 0 Å². The van der Waals surface area contributed by atoms with Gasteiger partial charge in [-0.2, -0.15) is 0 Å². The lowest BCUT2D eigenvalue weighted by Crippen LogP contribution is -2.17. The Bertz CT molecular complexity index is 731. The van der Waals surface area contributed by atoms with Gasteiger partial charge in [-0.1, -0.05) is 25.5 Å². The van der Waals surface area contributed by atoms with Crippen molar-refractivity contribution in [1.29, 1.82) is 0 Å². The average molecular weight is 339 g/mol. The van der Waals surface area contributed by atoms with E-state index in [9.17, 15) is 4.79 Å². The number of rotatable bonds is 7. The van der Waals surface area contributed by atoms with Gasteiger partial charge in [0.1, 0.15) is 12.4 Å². The summed E-state index contributed by atoms with van der Waals surface area (Å²) in [7, 11) is 0. The summed E-state index contributed by atoms with van der Waals surface area (Å²) in [5.41, 5.74) is 2.31. The summed E-state index contributed by atoms with van der Waals surface area (Å²) in [5.74, 6) is 1.12. The normalized spacial score (nSPS) is 18.9. The second-order valence-electron chi connectivity index (χ2n) is 7.00. The summed E-state index contributed by atoms with van der Waals surface area (Å²) in [6.45, 7) is 9.19. The third-order valence-electron chi connectivity index (χ3n) is 4.18. The van der Waals surface area contributed by atoms with E-state index in [4.69, 9.17) is 4.74 Å². The zero-order valence-corrected chi connectivity index (χ0v) is 15.0. The highest BCUT2D eigenvalue weighted by Gasteiger charge is 2.34. The SMILES string of the molecule is Cc1ccc(OCC2CN2CC(C)C)c(C(=O)Nc2ccncc2)c1. The van der Waals surface area contributed by atoms with Crippen LogP contribution in [0.1, 0.15) is 29.8 Å². The molecule has 25 heavy (non-hydrogen) atoms. The second-order valence-corrected chi connectivity index (χ2v) is 7.00. The predicted octanol–water partition coefficient (Wildman–Crippen LogP) is 3.36. The Kier molecular flexibility index (Phi) is 5.34. The standard InChI is InChI=1S/C20H25N3O2/c1-14(2)11-23-12-17(23)13-25-19-5-4-15(3)10-18(19)20(24)22-16-6-8-21-9-7-16/h4-10,14,17H,11-13H2,1-3H3,(H,21,22,24). The molecule has 3 rings (SSSR count). The number of hydrogen-bond donors (Lipinski definition) is 1. The van der Waals surface area contributed by atoms with Gasteiger partial charge in [-0.25, -0.2) is 0 Å². The number of benzene rings is 1. The average Bonchev–Trinajstić information content (AvgIpc) is 3.31. The van der Waals surface area contributed by atoms with E-state index in [1.165, 1.54) is 0 Å². The maximum atomic E-state index is 12.6. The number of aromatic nitrogens is 1. The summed E-state index contributed by atoms with van der Waals surface area (Å²) >= 11 is 0. The molecule has 0 spiro atoms. The van der Waals surface area contributed by atoms with E-state index in [2.05, 4.69) is 29.0 Å². The molecular formula is C20H25N3O2. The molecule has 1 fully saturated rings. The van der Waals surface area contributed by atoms with Crippen molar-refractivity contribution in [3.8, 4) is 5.75 Å². The molecule has 1 amide bonds. The van der Waals surface area contributed by atoms with Crippen LogP contribution in [0.25, 0.3) is 0 Å². The Balaban J connectivity index is 1.65. The number of aryl methyl sites for hydroxylation is 1. The number of hydrogen-bond acceptors (Lipinski definition) is 4. The van der Waals surface area contributed by atoms with Crippen molar-refractivity contribution in [2.24, 2.45) is 5.92 Å². The lowest BCUT2D eigenvalue weighted by atomic mass is 10.1. The molecule has 0 bridgehead atoms. The first-order valence-corrected chi connectivity index (χ1v) is 8.72. The Morgan fingerprint density at radius 2 is 2.08 bits per heavy atom. The molecule has 0 radical (unpaired) electrons. The lowest BCUT2D eigenvalue weighted by molar-refractivity contribution is 0.102. The number of nitrogens with zero attached hydrogens (tertiary/aromatic N) is 2.